The second-order valence-electron chi connectivity index (χ2n) is 4.57. The summed E-state index contributed by atoms with van der Waals surface area (Å²) in [6.07, 6.45) is 3.64. The number of hydrogen-bond donors (Lipinski definition) is 1. The van der Waals surface area contributed by atoms with E-state index in [0.29, 0.717) is 5.38 Å². The molecule has 0 radical (unpaired) electrons. The fourth-order valence-corrected chi connectivity index (χ4v) is 2.13. The van der Waals surface area contributed by atoms with E-state index >= 15 is 0 Å². The molecule has 1 fully saturated rings. The van der Waals surface area contributed by atoms with E-state index in [4.69, 9.17) is 16.3 Å². The largest absolute Gasteiger partial charge is 0.494 e. The van der Waals surface area contributed by atoms with Crippen molar-refractivity contribution >= 4 is 11.6 Å². The molecular weight excluding hydrogens is 234 g/mol. The summed E-state index contributed by atoms with van der Waals surface area (Å²) in [6.45, 7) is 2.66. The van der Waals surface area contributed by atoms with Crippen LogP contribution < -0.4 is 10.1 Å². The van der Waals surface area contributed by atoms with E-state index in [1.807, 2.05) is 30.3 Å². The normalized spacial score (nSPS) is 16.8. The van der Waals surface area contributed by atoms with Crippen molar-refractivity contribution in [1.82, 2.24) is 5.32 Å². The molecule has 0 aliphatic heterocycles. The highest BCUT2D eigenvalue weighted by Gasteiger charge is 2.28. The van der Waals surface area contributed by atoms with E-state index in [-0.39, 0.29) is 0 Å². The Kier molecular flexibility index (Phi) is 5.14. The van der Waals surface area contributed by atoms with Gasteiger partial charge in [-0.1, -0.05) is 18.2 Å². The van der Waals surface area contributed by atoms with E-state index < -0.39 is 0 Å². The quantitative estimate of drug-likeness (QED) is 0.568. The maximum absolute atomic E-state index is 6.19. The Balaban J connectivity index is 1.46. The molecule has 0 spiro atoms. The van der Waals surface area contributed by atoms with Gasteiger partial charge in [-0.3, -0.25) is 0 Å². The van der Waals surface area contributed by atoms with E-state index in [2.05, 4.69) is 5.32 Å². The van der Waals surface area contributed by atoms with Crippen molar-refractivity contribution in [2.24, 2.45) is 5.92 Å². The summed E-state index contributed by atoms with van der Waals surface area (Å²) in [6, 6.07) is 9.93. The summed E-state index contributed by atoms with van der Waals surface area (Å²) >= 11 is 6.19. The Morgan fingerprint density at radius 1 is 1.29 bits per heavy atom. The Bertz CT molecular complexity index is 313. The van der Waals surface area contributed by atoms with Crippen molar-refractivity contribution in [1.29, 1.82) is 0 Å². The fraction of sp³-hybridized carbons (Fsp3) is 0.571. The minimum absolute atomic E-state index is 0.324. The van der Waals surface area contributed by atoms with Gasteiger partial charge in [-0.25, -0.2) is 0 Å². The number of alkyl halides is 1. The minimum Gasteiger partial charge on any atom is -0.494 e. The van der Waals surface area contributed by atoms with Gasteiger partial charge in [0.1, 0.15) is 5.75 Å². The van der Waals surface area contributed by atoms with Crippen LogP contribution in [0.4, 0.5) is 0 Å². The van der Waals surface area contributed by atoms with Crippen molar-refractivity contribution in [3.8, 4) is 5.75 Å². The van der Waals surface area contributed by atoms with E-state index in [9.17, 15) is 0 Å². The van der Waals surface area contributed by atoms with Crippen LogP contribution in [0.2, 0.25) is 0 Å². The maximum Gasteiger partial charge on any atom is 0.119 e. The number of benzene rings is 1. The summed E-state index contributed by atoms with van der Waals surface area (Å²) in [5, 5.41) is 3.70. The number of hydrogen-bond acceptors (Lipinski definition) is 2. The third-order valence-electron chi connectivity index (χ3n) is 2.98. The third-order valence-corrected chi connectivity index (χ3v) is 3.49. The lowest BCUT2D eigenvalue weighted by molar-refractivity contribution is 0.308. The standard InChI is InChI=1S/C14H20ClNO/c15-14(12-7-8-12)11-16-9-4-10-17-13-5-2-1-3-6-13/h1-3,5-6,12,14,16H,4,7-11H2. The molecule has 0 heterocycles. The molecule has 94 valence electrons. The molecule has 17 heavy (non-hydrogen) atoms. The zero-order valence-electron chi connectivity index (χ0n) is 10.1. The SMILES string of the molecule is ClC(CNCCCOc1ccccc1)C1CC1. The van der Waals surface area contributed by atoms with Gasteiger partial charge in [0.25, 0.3) is 0 Å². The summed E-state index contributed by atoms with van der Waals surface area (Å²) in [5.74, 6) is 1.71. The lowest BCUT2D eigenvalue weighted by atomic mass is 10.3. The first kappa shape index (κ1) is 12.7. The second-order valence-corrected chi connectivity index (χ2v) is 5.13. The molecule has 1 aromatic carbocycles. The monoisotopic (exact) mass is 253 g/mol. The van der Waals surface area contributed by atoms with E-state index in [0.717, 1.165) is 37.8 Å². The molecule has 0 aromatic heterocycles. The molecule has 1 unspecified atom stereocenters. The first-order chi connectivity index (χ1) is 8.36. The van der Waals surface area contributed by atoms with Crippen LogP contribution in [0.1, 0.15) is 19.3 Å². The molecule has 0 saturated heterocycles. The topological polar surface area (TPSA) is 21.3 Å². The van der Waals surface area contributed by atoms with Gasteiger partial charge in [-0.2, -0.15) is 0 Å². The van der Waals surface area contributed by atoms with Crippen LogP contribution in [0.5, 0.6) is 5.75 Å². The third kappa shape index (κ3) is 4.97. The smallest absolute Gasteiger partial charge is 0.119 e. The Labute approximate surface area is 108 Å². The molecule has 1 saturated carbocycles. The van der Waals surface area contributed by atoms with Crippen LogP contribution in [0, 0.1) is 5.92 Å². The van der Waals surface area contributed by atoms with Gasteiger partial charge >= 0.3 is 0 Å². The average molecular weight is 254 g/mol. The number of halogens is 1. The number of rotatable bonds is 8. The summed E-state index contributed by atoms with van der Waals surface area (Å²) < 4.78 is 5.60. The molecule has 0 amide bonds. The van der Waals surface area contributed by atoms with Gasteiger partial charge in [0.2, 0.25) is 0 Å². The highest BCUT2D eigenvalue weighted by atomic mass is 35.5. The Morgan fingerprint density at radius 2 is 2.06 bits per heavy atom. The highest BCUT2D eigenvalue weighted by molar-refractivity contribution is 6.21. The molecule has 2 rings (SSSR count). The van der Waals surface area contributed by atoms with Gasteiger partial charge in [-0.15, -0.1) is 11.6 Å². The molecule has 1 atom stereocenters. The molecular formula is C14H20ClNO. The van der Waals surface area contributed by atoms with Gasteiger partial charge in [0.05, 0.1) is 6.61 Å². The molecule has 2 nitrogen and oxygen atoms in total. The van der Waals surface area contributed by atoms with Crippen LogP contribution >= 0.6 is 11.6 Å². The van der Waals surface area contributed by atoms with Crippen molar-refractivity contribution in [3.05, 3.63) is 30.3 Å². The van der Waals surface area contributed by atoms with Gasteiger partial charge in [0.15, 0.2) is 0 Å². The minimum atomic E-state index is 0.324. The van der Waals surface area contributed by atoms with Crippen molar-refractivity contribution in [2.75, 3.05) is 19.7 Å². The van der Waals surface area contributed by atoms with Gasteiger partial charge in [0, 0.05) is 11.9 Å². The molecule has 0 bridgehead atoms. The first-order valence-corrected chi connectivity index (χ1v) is 6.82. The summed E-state index contributed by atoms with van der Waals surface area (Å²) in [4.78, 5) is 0. The maximum atomic E-state index is 6.19. The van der Waals surface area contributed by atoms with Crippen molar-refractivity contribution in [2.45, 2.75) is 24.6 Å². The molecule has 1 N–H and O–H groups in total. The number of para-hydroxylation sites is 1. The second kappa shape index (κ2) is 6.87. The Hall–Kier alpha value is -0.730. The fourth-order valence-electron chi connectivity index (χ4n) is 1.77. The highest BCUT2D eigenvalue weighted by Crippen LogP contribution is 2.35. The molecule has 1 aliphatic rings. The zero-order valence-corrected chi connectivity index (χ0v) is 10.8. The lowest BCUT2D eigenvalue weighted by Crippen LogP contribution is -2.26. The van der Waals surface area contributed by atoms with Crippen LogP contribution in [-0.2, 0) is 0 Å². The number of ether oxygens (including phenoxy) is 1. The molecule has 3 heteroatoms. The Morgan fingerprint density at radius 3 is 2.76 bits per heavy atom. The van der Waals surface area contributed by atoms with Crippen LogP contribution in [0.3, 0.4) is 0 Å². The average Bonchev–Trinajstić information content (AvgIpc) is 3.19. The zero-order chi connectivity index (χ0) is 11.9. The van der Waals surface area contributed by atoms with Gasteiger partial charge in [-0.05, 0) is 43.9 Å². The predicted molar refractivity (Wildman–Crippen MR) is 71.8 cm³/mol. The predicted octanol–water partition coefficient (Wildman–Crippen LogP) is 3.06. The van der Waals surface area contributed by atoms with Crippen molar-refractivity contribution in [3.63, 3.8) is 0 Å². The van der Waals surface area contributed by atoms with E-state index in [1.165, 1.54) is 12.8 Å². The van der Waals surface area contributed by atoms with Gasteiger partial charge < -0.3 is 10.1 Å². The molecule has 1 aliphatic carbocycles. The lowest BCUT2D eigenvalue weighted by Gasteiger charge is -2.10. The first-order valence-electron chi connectivity index (χ1n) is 6.39. The van der Waals surface area contributed by atoms with E-state index in [1.54, 1.807) is 0 Å². The number of nitrogens with one attached hydrogen (secondary N) is 1. The summed E-state index contributed by atoms with van der Waals surface area (Å²) in [5.41, 5.74) is 0. The van der Waals surface area contributed by atoms with Crippen LogP contribution in [0.15, 0.2) is 30.3 Å². The van der Waals surface area contributed by atoms with Crippen LogP contribution in [-0.4, -0.2) is 25.1 Å². The molecule has 1 aromatic rings. The summed E-state index contributed by atoms with van der Waals surface area (Å²) in [7, 11) is 0. The van der Waals surface area contributed by atoms with Crippen LogP contribution in [0.25, 0.3) is 0 Å². The van der Waals surface area contributed by atoms with Crippen molar-refractivity contribution < 1.29 is 4.74 Å².